The molecule has 1 unspecified atom stereocenters. The number of likely N-dealkylation sites (N-methyl/N-ethyl adjacent to an activating group) is 1. The molecule has 2 rings (SSSR count). The third-order valence-electron chi connectivity index (χ3n) is 4.43. The summed E-state index contributed by atoms with van der Waals surface area (Å²) in [5.74, 6) is 0. The molecular weight excluding hydrogens is 256 g/mol. The van der Waals surface area contributed by atoms with Gasteiger partial charge in [-0.1, -0.05) is 30.3 Å². The van der Waals surface area contributed by atoms with Crippen molar-refractivity contribution in [1.29, 1.82) is 0 Å². The molecule has 0 saturated heterocycles. The first-order chi connectivity index (χ1) is 9.95. The lowest BCUT2D eigenvalue weighted by molar-refractivity contribution is 0.674. The zero-order valence-electron chi connectivity index (χ0n) is 13.8. The van der Waals surface area contributed by atoms with Crippen LogP contribution in [0.3, 0.4) is 0 Å². The summed E-state index contributed by atoms with van der Waals surface area (Å²) < 4.78 is 0. The van der Waals surface area contributed by atoms with Crippen molar-refractivity contribution >= 4 is 5.69 Å². The Morgan fingerprint density at radius 1 is 0.905 bits per heavy atom. The second kappa shape index (κ2) is 6.31. The molecule has 0 saturated carbocycles. The van der Waals surface area contributed by atoms with Crippen molar-refractivity contribution < 1.29 is 0 Å². The number of nitrogens with zero attached hydrogens (tertiary/aromatic N) is 1. The van der Waals surface area contributed by atoms with Crippen LogP contribution in [0.25, 0.3) is 0 Å². The number of rotatable bonds is 4. The van der Waals surface area contributed by atoms with Crippen molar-refractivity contribution in [3.05, 3.63) is 64.2 Å². The highest BCUT2D eigenvalue weighted by Crippen LogP contribution is 2.30. The molecule has 0 radical (unpaired) electrons. The summed E-state index contributed by atoms with van der Waals surface area (Å²) in [5, 5.41) is 0. The smallest absolute Gasteiger partial charge is 0.0664 e. The van der Waals surface area contributed by atoms with Crippen LogP contribution in [-0.4, -0.2) is 13.6 Å². The third-order valence-corrected chi connectivity index (χ3v) is 4.43. The van der Waals surface area contributed by atoms with Gasteiger partial charge in [-0.3, -0.25) is 0 Å². The van der Waals surface area contributed by atoms with Gasteiger partial charge in [-0.25, -0.2) is 0 Å². The van der Waals surface area contributed by atoms with Crippen LogP contribution in [0.2, 0.25) is 0 Å². The van der Waals surface area contributed by atoms with Crippen LogP contribution < -0.4 is 10.6 Å². The highest BCUT2D eigenvalue weighted by molar-refractivity contribution is 5.55. The van der Waals surface area contributed by atoms with E-state index in [9.17, 15) is 0 Å². The van der Waals surface area contributed by atoms with Crippen molar-refractivity contribution in [1.82, 2.24) is 0 Å². The van der Waals surface area contributed by atoms with Crippen LogP contribution in [0.15, 0.2) is 36.4 Å². The van der Waals surface area contributed by atoms with E-state index in [0.29, 0.717) is 6.54 Å². The molecule has 21 heavy (non-hydrogen) atoms. The van der Waals surface area contributed by atoms with Gasteiger partial charge in [0.2, 0.25) is 0 Å². The van der Waals surface area contributed by atoms with Crippen LogP contribution in [-0.2, 0) is 0 Å². The van der Waals surface area contributed by atoms with Crippen LogP contribution in [0.4, 0.5) is 5.69 Å². The van der Waals surface area contributed by atoms with Gasteiger partial charge < -0.3 is 10.6 Å². The molecule has 0 aliphatic carbocycles. The molecule has 0 aromatic heterocycles. The van der Waals surface area contributed by atoms with E-state index in [1.807, 2.05) is 0 Å². The average Bonchev–Trinajstić information content (AvgIpc) is 2.45. The summed E-state index contributed by atoms with van der Waals surface area (Å²) in [6, 6.07) is 13.2. The molecule has 1 atom stereocenters. The summed E-state index contributed by atoms with van der Waals surface area (Å²) in [6.07, 6.45) is 0. The van der Waals surface area contributed by atoms with Gasteiger partial charge in [0.1, 0.15) is 0 Å². The van der Waals surface area contributed by atoms with E-state index in [1.54, 1.807) is 0 Å². The van der Waals surface area contributed by atoms with Gasteiger partial charge in [0.25, 0.3) is 0 Å². The molecule has 0 aliphatic rings. The number of para-hydroxylation sites is 1. The van der Waals surface area contributed by atoms with E-state index < -0.39 is 0 Å². The van der Waals surface area contributed by atoms with Gasteiger partial charge in [0, 0.05) is 19.3 Å². The quantitative estimate of drug-likeness (QED) is 0.916. The number of anilines is 1. The van der Waals surface area contributed by atoms with Gasteiger partial charge in [0.15, 0.2) is 0 Å². The van der Waals surface area contributed by atoms with Gasteiger partial charge in [-0.05, 0) is 61.6 Å². The molecule has 0 spiro atoms. The van der Waals surface area contributed by atoms with Crippen LogP contribution >= 0.6 is 0 Å². The van der Waals surface area contributed by atoms with Crippen molar-refractivity contribution in [3.63, 3.8) is 0 Å². The first-order valence-electron chi connectivity index (χ1n) is 7.52. The molecule has 0 amide bonds. The van der Waals surface area contributed by atoms with Gasteiger partial charge in [-0.15, -0.1) is 0 Å². The number of aryl methyl sites for hydroxylation is 4. The first-order valence-corrected chi connectivity index (χ1v) is 7.52. The first kappa shape index (κ1) is 15.6. The Labute approximate surface area is 128 Å². The van der Waals surface area contributed by atoms with Crippen LogP contribution in [0, 0.1) is 27.7 Å². The van der Waals surface area contributed by atoms with Crippen molar-refractivity contribution in [2.24, 2.45) is 5.73 Å². The second-order valence-corrected chi connectivity index (χ2v) is 5.94. The average molecular weight is 282 g/mol. The monoisotopic (exact) mass is 282 g/mol. The maximum Gasteiger partial charge on any atom is 0.0664 e. The maximum absolute atomic E-state index is 6.11. The molecule has 112 valence electrons. The molecule has 0 heterocycles. The number of hydrogen-bond donors (Lipinski definition) is 1. The lowest BCUT2D eigenvalue weighted by Gasteiger charge is -2.32. The summed E-state index contributed by atoms with van der Waals surface area (Å²) in [6.45, 7) is 9.26. The van der Waals surface area contributed by atoms with Crippen molar-refractivity contribution in [2.45, 2.75) is 33.7 Å². The molecule has 2 aromatic carbocycles. The minimum Gasteiger partial charge on any atom is -0.366 e. The molecule has 0 fully saturated rings. The van der Waals surface area contributed by atoms with Gasteiger partial charge in [-0.2, -0.15) is 0 Å². The third kappa shape index (κ3) is 3.11. The summed E-state index contributed by atoms with van der Waals surface area (Å²) >= 11 is 0. The lowest BCUT2D eigenvalue weighted by Crippen LogP contribution is -2.31. The molecule has 2 N–H and O–H groups in total. The Balaban J connectivity index is 2.45. The number of hydrogen-bond acceptors (Lipinski definition) is 2. The Bertz CT molecular complexity index is 631. The fourth-order valence-corrected chi connectivity index (χ4v) is 2.96. The number of nitrogens with two attached hydrogens (primary N) is 1. The Morgan fingerprint density at radius 3 is 2.14 bits per heavy atom. The van der Waals surface area contributed by atoms with E-state index >= 15 is 0 Å². The minimum atomic E-state index is 0.199. The predicted octanol–water partition coefficient (Wildman–Crippen LogP) is 4.06. The Hall–Kier alpha value is -1.80. The van der Waals surface area contributed by atoms with E-state index in [0.717, 1.165) is 0 Å². The minimum absolute atomic E-state index is 0.199. The zero-order chi connectivity index (χ0) is 15.6. The highest BCUT2D eigenvalue weighted by atomic mass is 15.1. The van der Waals surface area contributed by atoms with E-state index in [1.165, 1.54) is 33.5 Å². The van der Waals surface area contributed by atoms with E-state index in [2.05, 4.69) is 76.0 Å². The normalized spacial score (nSPS) is 12.3. The van der Waals surface area contributed by atoms with Gasteiger partial charge >= 0.3 is 0 Å². The standard InChI is InChI=1S/C19H26N2/c1-13-8-6-7-9-18(13)21(5)19(12-20)17-11-15(3)14(2)10-16(17)4/h6-11,19H,12,20H2,1-5H3. The van der Waals surface area contributed by atoms with E-state index in [4.69, 9.17) is 5.73 Å². The van der Waals surface area contributed by atoms with Crippen LogP contribution in [0.1, 0.15) is 33.9 Å². The van der Waals surface area contributed by atoms with E-state index in [-0.39, 0.29) is 6.04 Å². The molecule has 2 heteroatoms. The Morgan fingerprint density at radius 2 is 1.52 bits per heavy atom. The molecule has 0 aliphatic heterocycles. The Kier molecular flexibility index (Phi) is 4.69. The largest absolute Gasteiger partial charge is 0.366 e. The highest BCUT2D eigenvalue weighted by Gasteiger charge is 2.19. The molecular formula is C19H26N2. The van der Waals surface area contributed by atoms with Gasteiger partial charge in [0.05, 0.1) is 6.04 Å². The SMILES string of the molecule is Cc1cc(C)c(C(CN)N(C)c2ccccc2C)cc1C. The lowest BCUT2D eigenvalue weighted by atomic mass is 9.94. The topological polar surface area (TPSA) is 29.3 Å². The fraction of sp³-hybridized carbons (Fsp3) is 0.368. The van der Waals surface area contributed by atoms with Crippen LogP contribution in [0.5, 0.6) is 0 Å². The molecule has 0 bridgehead atoms. The van der Waals surface area contributed by atoms with Crippen molar-refractivity contribution in [3.8, 4) is 0 Å². The second-order valence-electron chi connectivity index (χ2n) is 5.94. The fourth-order valence-electron chi connectivity index (χ4n) is 2.96. The molecule has 2 aromatic rings. The summed E-state index contributed by atoms with van der Waals surface area (Å²) in [7, 11) is 2.13. The predicted molar refractivity (Wildman–Crippen MR) is 92.0 cm³/mol. The summed E-state index contributed by atoms with van der Waals surface area (Å²) in [4.78, 5) is 2.30. The maximum atomic E-state index is 6.11. The summed E-state index contributed by atoms with van der Waals surface area (Å²) in [5.41, 5.74) is 13.9. The number of benzene rings is 2. The molecule has 2 nitrogen and oxygen atoms in total. The zero-order valence-corrected chi connectivity index (χ0v) is 13.8. The van der Waals surface area contributed by atoms with Crippen molar-refractivity contribution in [2.75, 3.05) is 18.5 Å².